The molecule has 2 atom stereocenters. The Kier molecular flexibility index (Phi) is 7.16. The number of carbonyl (C=O) groups excluding carboxylic acids is 4. The maximum atomic E-state index is 13.4. The lowest BCUT2D eigenvalue weighted by Crippen LogP contribution is -2.58. The maximum Gasteiger partial charge on any atom is 0.526 e. The number of hydrogen-bond acceptors (Lipinski definition) is 7. The van der Waals surface area contributed by atoms with Gasteiger partial charge in [-0.05, 0) is 37.5 Å². The second-order valence-electron chi connectivity index (χ2n) is 8.72. The number of ketones is 1. The number of nitrogens with zero attached hydrogens (tertiary/aromatic N) is 3. The number of carbonyl (C=O) groups is 4. The molecule has 1 aromatic heterocycles. The number of para-hydroxylation sites is 1. The van der Waals surface area contributed by atoms with Crippen LogP contribution < -0.4 is 9.97 Å². The van der Waals surface area contributed by atoms with Crippen LogP contribution in [0.3, 0.4) is 0 Å². The molecule has 2 aliphatic heterocycles. The Morgan fingerprint density at radius 3 is 2.74 bits per heavy atom. The van der Waals surface area contributed by atoms with Crippen LogP contribution in [-0.2, 0) is 20.8 Å². The standard InChI is InChI=1S/C24H27BN4O6/c1-3-28-10-11-29(23(32)22(28)31)24(33)27-20(17-8-5-9-26-14-17)19(30)13-18-12-16-7-4-6-15(2)21(16)35-25(18)34/h4-9,14,18,20,34H,3,10-13H2,1-2H3,(H,27,33)/t18-,20?/m1/s1. The van der Waals surface area contributed by atoms with Crippen LogP contribution in [-0.4, -0.2) is 70.2 Å². The summed E-state index contributed by atoms with van der Waals surface area (Å²) in [6.07, 6.45) is 3.35. The molecule has 2 aromatic rings. The molecule has 4 amide bonds. The first kappa shape index (κ1) is 24.4. The minimum atomic E-state index is -1.18. The number of pyridine rings is 1. The van der Waals surface area contributed by atoms with Gasteiger partial charge in [-0.3, -0.25) is 24.3 Å². The molecule has 0 saturated carbocycles. The number of hydrogen-bond donors (Lipinski definition) is 2. The van der Waals surface area contributed by atoms with Gasteiger partial charge in [-0.15, -0.1) is 0 Å². The second-order valence-corrected chi connectivity index (χ2v) is 8.72. The van der Waals surface area contributed by atoms with Gasteiger partial charge in [-0.1, -0.05) is 24.3 Å². The van der Waals surface area contributed by atoms with E-state index in [-0.39, 0.29) is 25.3 Å². The largest absolute Gasteiger partial charge is 0.536 e. The molecule has 2 aliphatic rings. The molecule has 182 valence electrons. The van der Waals surface area contributed by atoms with Gasteiger partial charge >= 0.3 is 25.0 Å². The Bertz CT molecular complexity index is 1140. The first-order valence-electron chi connectivity index (χ1n) is 11.6. The third kappa shape index (κ3) is 5.04. The van der Waals surface area contributed by atoms with Gasteiger partial charge in [0.25, 0.3) is 0 Å². The minimum Gasteiger partial charge on any atom is -0.536 e. The van der Waals surface area contributed by atoms with E-state index in [0.29, 0.717) is 24.3 Å². The van der Waals surface area contributed by atoms with Gasteiger partial charge < -0.3 is 19.9 Å². The van der Waals surface area contributed by atoms with Crippen LogP contribution in [0.15, 0.2) is 42.7 Å². The Hall–Kier alpha value is -3.73. The normalized spacial score (nSPS) is 18.6. The van der Waals surface area contributed by atoms with E-state index in [4.69, 9.17) is 4.65 Å². The summed E-state index contributed by atoms with van der Waals surface area (Å²) in [5.41, 5.74) is 2.22. The summed E-state index contributed by atoms with van der Waals surface area (Å²) >= 11 is 0. The summed E-state index contributed by atoms with van der Waals surface area (Å²) in [6, 6.07) is 7.00. The van der Waals surface area contributed by atoms with Gasteiger partial charge in [-0.25, -0.2) is 4.79 Å². The number of fused-ring (bicyclic) bond motifs is 1. The predicted octanol–water partition coefficient (Wildman–Crippen LogP) is 1.28. The summed E-state index contributed by atoms with van der Waals surface area (Å²) in [6.45, 7) is 4.26. The smallest absolute Gasteiger partial charge is 0.526 e. The fourth-order valence-corrected chi connectivity index (χ4v) is 4.46. The lowest BCUT2D eigenvalue weighted by atomic mass is 9.64. The minimum absolute atomic E-state index is 0.0313. The number of imide groups is 1. The predicted molar refractivity (Wildman–Crippen MR) is 126 cm³/mol. The van der Waals surface area contributed by atoms with Crippen molar-refractivity contribution in [1.29, 1.82) is 0 Å². The molecule has 0 aliphatic carbocycles. The fraction of sp³-hybridized carbons (Fsp3) is 0.375. The summed E-state index contributed by atoms with van der Waals surface area (Å²) < 4.78 is 5.69. The maximum absolute atomic E-state index is 13.4. The highest BCUT2D eigenvalue weighted by molar-refractivity contribution is 6.46. The van der Waals surface area contributed by atoms with Crippen molar-refractivity contribution >= 4 is 30.7 Å². The summed E-state index contributed by atoms with van der Waals surface area (Å²) in [5.74, 6) is -1.97. The molecule has 1 fully saturated rings. The lowest BCUT2D eigenvalue weighted by molar-refractivity contribution is -0.153. The van der Waals surface area contributed by atoms with E-state index in [9.17, 15) is 24.2 Å². The van der Waals surface area contributed by atoms with E-state index < -0.39 is 36.8 Å². The van der Waals surface area contributed by atoms with Crippen LogP contribution in [0, 0.1) is 6.92 Å². The van der Waals surface area contributed by atoms with Crippen molar-refractivity contribution in [2.24, 2.45) is 0 Å². The summed E-state index contributed by atoms with van der Waals surface area (Å²) in [5, 5.41) is 13.2. The molecule has 3 heterocycles. The van der Waals surface area contributed by atoms with E-state index in [0.717, 1.165) is 16.0 Å². The van der Waals surface area contributed by atoms with Gasteiger partial charge in [0.05, 0.1) is 0 Å². The molecule has 1 aromatic carbocycles. The molecule has 0 bridgehead atoms. The Labute approximate surface area is 203 Å². The Morgan fingerprint density at radius 1 is 1.23 bits per heavy atom. The van der Waals surface area contributed by atoms with Crippen LogP contribution in [0.5, 0.6) is 5.75 Å². The van der Waals surface area contributed by atoms with E-state index in [1.165, 1.54) is 17.3 Å². The van der Waals surface area contributed by atoms with Crippen molar-refractivity contribution in [2.45, 2.75) is 38.5 Å². The number of benzene rings is 1. The first-order valence-corrected chi connectivity index (χ1v) is 11.6. The fourth-order valence-electron chi connectivity index (χ4n) is 4.46. The highest BCUT2D eigenvalue weighted by Crippen LogP contribution is 2.36. The van der Waals surface area contributed by atoms with Gasteiger partial charge in [0.15, 0.2) is 5.78 Å². The average molecular weight is 478 g/mol. The number of aryl methyl sites for hydroxylation is 1. The molecule has 2 N–H and O–H groups in total. The SMILES string of the molecule is CCN1CCN(C(=O)NC(C(=O)C[C@H]2Cc3cccc(C)c3OB2O)c2cccnc2)C(=O)C1=O. The van der Waals surface area contributed by atoms with Crippen molar-refractivity contribution < 1.29 is 28.9 Å². The first-order chi connectivity index (χ1) is 16.8. The van der Waals surface area contributed by atoms with E-state index in [1.54, 1.807) is 19.1 Å². The summed E-state index contributed by atoms with van der Waals surface area (Å²) in [7, 11) is -1.18. The number of aromatic nitrogens is 1. The molecular weight excluding hydrogens is 451 g/mol. The van der Waals surface area contributed by atoms with Crippen LogP contribution in [0.1, 0.15) is 36.1 Å². The van der Waals surface area contributed by atoms with Crippen molar-refractivity contribution in [3.63, 3.8) is 0 Å². The number of Topliss-reactive ketones (excluding diaryl/α,β-unsaturated/α-hetero) is 1. The molecule has 4 rings (SSSR count). The Morgan fingerprint density at radius 2 is 2.03 bits per heavy atom. The molecule has 10 nitrogen and oxygen atoms in total. The molecule has 11 heteroatoms. The van der Waals surface area contributed by atoms with E-state index >= 15 is 0 Å². The van der Waals surface area contributed by atoms with Crippen molar-refractivity contribution in [3.05, 3.63) is 59.4 Å². The van der Waals surface area contributed by atoms with Crippen molar-refractivity contribution in [2.75, 3.05) is 19.6 Å². The molecule has 35 heavy (non-hydrogen) atoms. The molecule has 1 saturated heterocycles. The second kappa shape index (κ2) is 10.3. The van der Waals surface area contributed by atoms with Crippen LogP contribution in [0.25, 0.3) is 0 Å². The highest BCUT2D eigenvalue weighted by Gasteiger charge is 2.40. The number of piperazine rings is 1. The topological polar surface area (TPSA) is 129 Å². The van der Waals surface area contributed by atoms with Crippen LogP contribution >= 0.6 is 0 Å². The number of amides is 4. The molecule has 0 radical (unpaired) electrons. The van der Waals surface area contributed by atoms with Gasteiger partial charge in [0.2, 0.25) is 0 Å². The van der Waals surface area contributed by atoms with Gasteiger partial charge in [0, 0.05) is 49.8 Å². The molecule has 1 unspecified atom stereocenters. The van der Waals surface area contributed by atoms with Crippen LogP contribution in [0.4, 0.5) is 4.79 Å². The zero-order valence-electron chi connectivity index (χ0n) is 19.6. The number of nitrogens with one attached hydrogen (secondary N) is 1. The lowest BCUT2D eigenvalue weighted by Gasteiger charge is -2.33. The van der Waals surface area contributed by atoms with Gasteiger partial charge in [0.1, 0.15) is 11.8 Å². The van der Waals surface area contributed by atoms with Crippen molar-refractivity contribution in [3.8, 4) is 5.75 Å². The number of rotatable bonds is 6. The van der Waals surface area contributed by atoms with Gasteiger partial charge in [-0.2, -0.15) is 0 Å². The summed E-state index contributed by atoms with van der Waals surface area (Å²) in [4.78, 5) is 57.3. The third-order valence-electron chi connectivity index (χ3n) is 6.42. The monoisotopic (exact) mass is 478 g/mol. The number of urea groups is 1. The van der Waals surface area contributed by atoms with Crippen LogP contribution in [0.2, 0.25) is 5.82 Å². The molecule has 0 spiro atoms. The van der Waals surface area contributed by atoms with E-state index in [2.05, 4.69) is 10.3 Å². The quantitative estimate of drug-likeness (QED) is 0.473. The zero-order chi connectivity index (χ0) is 25.1. The zero-order valence-corrected chi connectivity index (χ0v) is 19.6. The molecular formula is C24H27BN4O6. The number of likely N-dealkylation sites (N-methyl/N-ethyl adjacent to an activating group) is 1. The Balaban J connectivity index is 1.51. The average Bonchev–Trinajstić information content (AvgIpc) is 2.85. The van der Waals surface area contributed by atoms with E-state index in [1.807, 2.05) is 25.1 Å². The van der Waals surface area contributed by atoms with Crippen molar-refractivity contribution in [1.82, 2.24) is 20.1 Å². The highest BCUT2D eigenvalue weighted by atomic mass is 16.5. The third-order valence-corrected chi connectivity index (χ3v) is 6.42.